The zero-order chi connectivity index (χ0) is 10.7. The van der Waals surface area contributed by atoms with Crippen LogP contribution in [0.1, 0.15) is 17.8 Å². The summed E-state index contributed by atoms with van der Waals surface area (Å²) in [5, 5.41) is 2.51. The van der Waals surface area contributed by atoms with Crippen LogP contribution < -0.4 is 21.5 Å². The highest BCUT2D eigenvalue weighted by Crippen LogP contribution is 2.19. The van der Waals surface area contributed by atoms with Gasteiger partial charge in [-0.1, -0.05) is 39.4 Å². The van der Waals surface area contributed by atoms with Crippen molar-refractivity contribution in [2.45, 2.75) is 26.3 Å². The van der Waals surface area contributed by atoms with Crippen LogP contribution in [0.5, 0.6) is 0 Å². The number of aromatic nitrogens is 1. The predicted molar refractivity (Wildman–Crippen MR) is 69.8 cm³/mol. The van der Waals surface area contributed by atoms with Crippen molar-refractivity contribution in [1.82, 2.24) is 0 Å². The average Bonchev–Trinajstić information content (AvgIpc) is 2.56. The lowest BCUT2D eigenvalue weighted by molar-refractivity contribution is -0.673. The van der Waals surface area contributed by atoms with E-state index in [0.29, 0.717) is 0 Å². The third kappa shape index (κ3) is 3.05. The van der Waals surface area contributed by atoms with Crippen molar-refractivity contribution in [2.75, 3.05) is 5.33 Å². The summed E-state index contributed by atoms with van der Waals surface area (Å²) in [4.78, 5) is 0. The first-order valence-electron chi connectivity index (χ1n) is 5.27. The van der Waals surface area contributed by atoms with Crippen LogP contribution in [-0.4, -0.2) is 5.33 Å². The molecule has 0 fully saturated rings. The van der Waals surface area contributed by atoms with E-state index in [1.54, 1.807) is 0 Å². The zero-order valence-corrected chi connectivity index (χ0v) is 13.2. The Kier molecular flexibility index (Phi) is 5.94. The van der Waals surface area contributed by atoms with Gasteiger partial charge in [0.2, 0.25) is 10.5 Å². The van der Waals surface area contributed by atoms with Gasteiger partial charge in [-0.05, 0) is 12.5 Å². The number of hydrogen-bond acceptors (Lipinski definition) is 1. The number of hydrogen-bond donors (Lipinski definition) is 0. The maximum atomic E-state index is 3.48. The highest BCUT2D eigenvalue weighted by Gasteiger charge is 2.15. The lowest BCUT2D eigenvalue weighted by Gasteiger charge is -1.95. The fourth-order valence-corrected chi connectivity index (χ4v) is 3.24. The molecule has 0 radical (unpaired) electrons. The molecule has 0 atom stereocenters. The third-order valence-corrected chi connectivity index (χ3v) is 4.20. The number of nitrogens with zero attached hydrogens (tertiary/aromatic N) is 1. The molecule has 2 aromatic rings. The molecule has 1 nitrogen and oxygen atoms in total. The topological polar surface area (TPSA) is 3.88 Å². The third-order valence-electron chi connectivity index (χ3n) is 2.56. The molecule has 88 valence electrons. The molecule has 0 aliphatic heterocycles. The van der Waals surface area contributed by atoms with Crippen LogP contribution in [-0.2, 0) is 6.54 Å². The van der Waals surface area contributed by atoms with E-state index in [-0.39, 0.29) is 17.0 Å². The summed E-state index contributed by atoms with van der Waals surface area (Å²) in [6.07, 6.45) is 2.49. The molecule has 4 heteroatoms. The number of para-hydroxylation sites is 1. The summed E-state index contributed by atoms with van der Waals surface area (Å²) < 4.78 is 3.83. The Balaban J connectivity index is 0.00000128. The van der Waals surface area contributed by atoms with Crippen molar-refractivity contribution in [3.05, 3.63) is 29.3 Å². The van der Waals surface area contributed by atoms with E-state index in [4.69, 9.17) is 0 Å². The second-order valence-corrected chi connectivity index (χ2v) is 5.66. The lowest BCUT2D eigenvalue weighted by atomic mass is 10.3. The quantitative estimate of drug-likeness (QED) is 0.426. The summed E-state index contributed by atoms with van der Waals surface area (Å²) in [5.74, 6) is 0. The maximum absolute atomic E-state index is 3.48. The molecule has 2 rings (SSSR count). The summed E-state index contributed by atoms with van der Waals surface area (Å²) in [7, 11) is 0. The van der Waals surface area contributed by atoms with Crippen molar-refractivity contribution in [3.63, 3.8) is 0 Å². The minimum Gasteiger partial charge on any atom is -1.00 e. The molecule has 0 spiro atoms. The van der Waals surface area contributed by atoms with Crippen molar-refractivity contribution < 1.29 is 21.5 Å². The van der Waals surface area contributed by atoms with Gasteiger partial charge in [0.25, 0.3) is 0 Å². The lowest BCUT2D eigenvalue weighted by Crippen LogP contribution is -3.00. The number of thiazole rings is 1. The zero-order valence-electron chi connectivity index (χ0n) is 9.25. The molecule has 1 aromatic carbocycles. The first-order valence-corrected chi connectivity index (χ1v) is 7.20. The van der Waals surface area contributed by atoms with Crippen LogP contribution in [0, 0.1) is 6.92 Å². The van der Waals surface area contributed by atoms with Crippen molar-refractivity contribution >= 4 is 37.5 Å². The second kappa shape index (κ2) is 6.72. The van der Waals surface area contributed by atoms with Gasteiger partial charge in [-0.25, -0.2) is 0 Å². The summed E-state index contributed by atoms with van der Waals surface area (Å²) in [6.45, 7) is 3.35. The van der Waals surface area contributed by atoms with Crippen LogP contribution >= 0.6 is 27.3 Å². The highest BCUT2D eigenvalue weighted by molar-refractivity contribution is 9.09. The number of unbranched alkanes of at least 4 members (excludes halogenated alkanes) is 1. The van der Waals surface area contributed by atoms with E-state index in [9.17, 15) is 0 Å². The molecular weight excluding hydrogens is 350 g/mol. The Bertz CT molecular complexity index is 453. The predicted octanol–water partition coefficient (Wildman–Crippen LogP) is 0.676. The minimum absolute atomic E-state index is 0. The molecule has 0 bridgehead atoms. The molecule has 0 unspecified atom stereocenters. The molecule has 0 amide bonds. The molecule has 0 saturated heterocycles. The van der Waals surface area contributed by atoms with E-state index >= 15 is 0 Å². The summed E-state index contributed by atoms with van der Waals surface area (Å²) >= 11 is 5.36. The second-order valence-electron chi connectivity index (χ2n) is 3.64. The fourth-order valence-electron chi connectivity index (χ4n) is 1.79. The number of aryl methyl sites for hydroxylation is 2. The Morgan fingerprint density at radius 3 is 2.75 bits per heavy atom. The normalized spacial score (nSPS) is 10.4. The molecule has 16 heavy (non-hydrogen) atoms. The van der Waals surface area contributed by atoms with E-state index in [1.165, 1.54) is 28.1 Å². The number of halogens is 2. The molecule has 1 heterocycles. The van der Waals surface area contributed by atoms with Crippen molar-refractivity contribution in [3.8, 4) is 0 Å². The van der Waals surface area contributed by atoms with Crippen LogP contribution in [0.15, 0.2) is 24.3 Å². The molecule has 0 saturated carbocycles. The van der Waals surface area contributed by atoms with Gasteiger partial charge in [-0.2, -0.15) is 4.57 Å². The SMILES string of the molecule is Cc1sc2ccccc2[n+]1CCCCBr.[Br-]. The van der Waals surface area contributed by atoms with Crippen molar-refractivity contribution in [1.29, 1.82) is 0 Å². The van der Waals surface area contributed by atoms with E-state index < -0.39 is 0 Å². The van der Waals surface area contributed by atoms with Gasteiger partial charge in [0.1, 0.15) is 11.2 Å². The average molecular weight is 365 g/mol. The molecule has 0 N–H and O–H groups in total. The smallest absolute Gasteiger partial charge is 0.235 e. The Labute approximate surface area is 119 Å². The van der Waals surface area contributed by atoms with Crippen LogP contribution in [0.25, 0.3) is 10.2 Å². The van der Waals surface area contributed by atoms with E-state index in [1.807, 2.05) is 11.3 Å². The first kappa shape index (κ1) is 14.1. The Morgan fingerprint density at radius 2 is 2.00 bits per heavy atom. The maximum Gasteiger partial charge on any atom is 0.235 e. The van der Waals surface area contributed by atoms with Gasteiger partial charge in [0.05, 0.1) is 0 Å². The van der Waals surface area contributed by atoms with Gasteiger partial charge in [0.15, 0.2) is 0 Å². The van der Waals surface area contributed by atoms with Gasteiger partial charge < -0.3 is 17.0 Å². The van der Waals surface area contributed by atoms with Crippen LogP contribution in [0.2, 0.25) is 0 Å². The van der Waals surface area contributed by atoms with E-state index in [0.717, 1.165) is 11.9 Å². The first-order chi connectivity index (χ1) is 7.33. The molecule has 0 aliphatic rings. The van der Waals surface area contributed by atoms with Gasteiger partial charge >= 0.3 is 0 Å². The van der Waals surface area contributed by atoms with Gasteiger partial charge in [-0.15, -0.1) is 0 Å². The number of fused-ring (bicyclic) bond motifs is 1. The Morgan fingerprint density at radius 1 is 1.25 bits per heavy atom. The molecular formula is C12H15Br2NS. The largest absolute Gasteiger partial charge is 1.00 e. The number of benzene rings is 1. The Hall–Kier alpha value is 0.0700. The summed E-state index contributed by atoms with van der Waals surface area (Å²) in [5.41, 5.74) is 1.38. The number of rotatable bonds is 4. The molecule has 1 aromatic heterocycles. The monoisotopic (exact) mass is 363 g/mol. The molecule has 0 aliphatic carbocycles. The van der Waals surface area contributed by atoms with Crippen molar-refractivity contribution in [2.24, 2.45) is 0 Å². The van der Waals surface area contributed by atoms with Gasteiger partial charge in [-0.3, -0.25) is 0 Å². The highest BCUT2D eigenvalue weighted by atomic mass is 79.9. The summed E-state index contributed by atoms with van der Waals surface area (Å²) in [6, 6.07) is 8.65. The van der Waals surface area contributed by atoms with E-state index in [2.05, 4.69) is 51.7 Å². The van der Waals surface area contributed by atoms with Gasteiger partial charge in [0, 0.05) is 24.7 Å². The van der Waals surface area contributed by atoms with Crippen LogP contribution in [0.3, 0.4) is 0 Å². The van der Waals surface area contributed by atoms with Crippen LogP contribution in [0.4, 0.5) is 0 Å². The number of alkyl halides is 1. The minimum atomic E-state index is 0. The fraction of sp³-hybridized carbons (Fsp3) is 0.417. The standard InChI is InChI=1S/C12H15BrNS.BrH/c1-10-14(9-5-4-8-13)11-6-2-3-7-12(11)15-10;/h2-3,6-7H,4-5,8-9H2,1H3;1H/q+1;/p-1.